The van der Waals surface area contributed by atoms with Gasteiger partial charge in [0.25, 0.3) is 0 Å². The van der Waals surface area contributed by atoms with Crippen LogP contribution in [0.25, 0.3) is 0 Å². The minimum Gasteiger partial charge on any atom is -0.355 e. The van der Waals surface area contributed by atoms with Gasteiger partial charge in [0.15, 0.2) is 0 Å². The molecule has 0 aromatic carbocycles. The van der Waals surface area contributed by atoms with Gasteiger partial charge in [-0.3, -0.25) is 0 Å². The molecule has 0 aliphatic carbocycles. The summed E-state index contributed by atoms with van der Waals surface area (Å²) in [7, 11) is 0. The van der Waals surface area contributed by atoms with Crippen molar-refractivity contribution < 1.29 is 0 Å². The Morgan fingerprint density at radius 3 is 2.72 bits per heavy atom. The van der Waals surface area contributed by atoms with Gasteiger partial charge in [0.05, 0.1) is 12.0 Å². The smallest absolute Gasteiger partial charge is 0.148 e. The standard InChI is InChI=1S/C12H20N6/c1-4-10-11(17-14)15-8-16-12(10)18(5-2)7-9(3)6-13/h8-9H,4-5,7,14H2,1-3H3,(H,15,16,17). The van der Waals surface area contributed by atoms with Gasteiger partial charge in [-0.15, -0.1) is 0 Å². The van der Waals surface area contributed by atoms with Crippen LogP contribution in [0.4, 0.5) is 11.6 Å². The number of hydrazine groups is 1. The minimum atomic E-state index is -0.0427. The van der Waals surface area contributed by atoms with Crippen LogP contribution in [-0.4, -0.2) is 23.1 Å². The highest BCUT2D eigenvalue weighted by Crippen LogP contribution is 2.23. The van der Waals surface area contributed by atoms with Gasteiger partial charge in [0.1, 0.15) is 18.0 Å². The molecule has 1 rings (SSSR count). The zero-order valence-corrected chi connectivity index (χ0v) is 11.1. The Labute approximate surface area is 108 Å². The number of rotatable bonds is 6. The average Bonchev–Trinajstić information content (AvgIpc) is 2.43. The zero-order valence-electron chi connectivity index (χ0n) is 11.1. The van der Waals surface area contributed by atoms with E-state index in [-0.39, 0.29) is 5.92 Å². The molecule has 0 aliphatic rings. The van der Waals surface area contributed by atoms with Crippen LogP contribution >= 0.6 is 0 Å². The summed E-state index contributed by atoms with van der Waals surface area (Å²) < 4.78 is 0. The molecule has 1 unspecified atom stereocenters. The van der Waals surface area contributed by atoms with Gasteiger partial charge < -0.3 is 10.3 Å². The molecule has 0 aliphatic heterocycles. The van der Waals surface area contributed by atoms with Crippen molar-refractivity contribution in [1.82, 2.24) is 9.97 Å². The summed E-state index contributed by atoms with van der Waals surface area (Å²) >= 11 is 0. The van der Waals surface area contributed by atoms with Crippen LogP contribution in [0.15, 0.2) is 6.33 Å². The maximum atomic E-state index is 8.91. The van der Waals surface area contributed by atoms with E-state index in [4.69, 9.17) is 11.1 Å². The van der Waals surface area contributed by atoms with Crippen molar-refractivity contribution in [3.63, 3.8) is 0 Å². The second-order valence-corrected chi connectivity index (χ2v) is 4.09. The summed E-state index contributed by atoms with van der Waals surface area (Å²) in [5.74, 6) is 6.91. The van der Waals surface area contributed by atoms with E-state index in [1.54, 1.807) is 0 Å². The van der Waals surface area contributed by atoms with Crippen molar-refractivity contribution in [2.75, 3.05) is 23.4 Å². The highest BCUT2D eigenvalue weighted by molar-refractivity contribution is 5.58. The van der Waals surface area contributed by atoms with Crippen LogP contribution in [0.3, 0.4) is 0 Å². The predicted octanol–water partition coefficient (Wildman–Crippen LogP) is 1.31. The largest absolute Gasteiger partial charge is 0.355 e. The number of nitriles is 1. The fourth-order valence-corrected chi connectivity index (χ4v) is 1.86. The second-order valence-electron chi connectivity index (χ2n) is 4.09. The summed E-state index contributed by atoms with van der Waals surface area (Å²) in [6.07, 6.45) is 2.27. The number of nitrogens with zero attached hydrogens (tertiary/aromatic N) is 4. The average molecular weight is 248 g/mol. The number of hydrogen-bond acceptors (Lipinski definition) is 6. The molecule has 0 amide bonds. The molecule has 0 radical (unpaired) electrons. The molecule has 1 aromatic heterocycles. The van der Waals surface area contributed by atoms with E-state index in [1.165, 1.54) is 6.33 Å². The topological polar surface area (TPSA) is 90.9 Å². The van der Waals surface area contributed by atoms with Crippen LogP contribution in [-0.2, 0) is 6.42 Å². The van der Waals surface area contributed by atoms with Crippen molar-refractivity contribution in [1.29, 1.82) is 5.26 Å². The molecule has 3 N–H and O–H groups in total. The zero-order chi connectivity index (χ0) is 13.5. The lowest BCUT2D eigenvalue weighted by atomic mass is 10.1. The van der Waals surface area contributed by atoms with E-state index in [1.807, 2.05) is 20.8 Å². The van der Waals surface area contributed by atoms with E-state index >= 15 is 0 Å². The molecular formula is C12H20N6. The summed E-state index contributed by atoms with van der Waals surface area (Å²) in [6, 6.07) is 2.24. The van der Waals surface area contributed by atoms with Gasteiger partial charge in [0, 0.05) is 18.7 Å². The molecule has 18 heavy (non-hydrogen) atoms. The fourth-order valence-electron chi connectivity index (χ4n) is 1.86. The monoisotopic (exact) mass is 248 g/mol. The predicted molar refractivity (Wildman–Crippen MR) is 71.9 cm³/mol. The third kappa shape index (κ3) is 3.08. The van der Waals surface area contributed by atoms with E-state index in [2.05, 4.69) is 26.4 Å². The molecule has 0 spiro atoms. The lowest BCUT2D eigenvalue weighted by Crippen LogP contribution is -2.30. The van der Waals surface area contributed by atoms with Crippen LogP contribution in [0.5, 0.6) is 0 Å². The van der Waals surface area contributed by atoms with Crippen molar-refractivity contribution in [2.24, 2.45) is 11.8 Å². The van der Waals surface area contributed by atoms with Crippen LogP contribution in [0, 0.1) is 17.2 Å². The number of nitrogens with two attached hydrogens (primary N) is 1. The molecule has 1 heterocycles. The minimum absolute atomic E-state index is 0.0427. The van der Waals surface area contributed by atoms with Gasteiger partial charge >= 0.3 is 0 Å². The molecule has 0 bridgehead atoms. The van der Waals surface area contributed by atoms with Gasteiger partial charge in [-0.2, -0.15) is 5.26 Å². The Morgan fingerprint density at radius 2 is 2.22 bits per heavy atom. The van der Waals surface area contributed by atoms with Gasteiger partial charge in [-0.05, 0) is 20.3 Å². The van der Waals surface area contributed by atoms with Crippen LogP contribution in [0.1, 0.15) is 26.3 Å². The van der Waals surface area contributed by atoms with E-state index in [0.717, 1.165) is 24.3 Å². The molecule has 0 saturated carbocycles. The highest BCUT2D eigenvalue weighted by atomic mass is 15.3. The molecule has 0 saturated heterocycles. The first kappa shape index (κ1) is 14.2. The second kappa shape index (κ2) is 6.77. The van der Waals surface area contributed by atoms with Gasteiger partial charge in [-0.25, -0.2) is 15.8 Å². The lowest BCUT2D eigenvalue weighted by molar-refractivity contribution is 0.675. The Kier molecular flexibility index (Phi) is 5.33. The van der Waals surface area contributed by atoms with Crippen molar-refractivity contribution in [3.05, 3.63) is 11.9 Å². The summed E-state index contributed by atoms with van der Waals surface area (Å²) in [5, 5.41) is 8.91. The summed E-state index contributed by atoms with van der Waals surface area (Å²) in [6.45, 7) is 7.42. The fraction of sp³-hybridized carbons (Fsp3) is 0.583. The number of nitrogen functional groups attached to an aromatic ring is 1. The molecule has 0 fully saturated rings. The number of aromatic nitrogens is 2. The van der Waals surface area contributed by atoms with Crippen molar-refractivity contribution >= 4 is 11.6 Å². The normalized spacial score (nSPS) is 11.7. The summed E-state index contributed by atoms with van der Waals surface area (Å²) in [5.41, 5.74) is 3.57. The Bertz CT molecular complexity index is 425. The third-order valence-corrected chi connectivity index (χ3v) is 2.81. The maximum absolute atomic E-state index is 8.91. The van der Waals surface area contributed by atoms with Crippen LogP contribution in [0.2, 0.25) is 0 Å². The third-order valence-electron chi connectivity index (χ3n) is 2.81. The Balaban J connectivity index is 3.09. The quantitative estimate of drug-likeness (QED) is 0.582. The first-order valence-electron chi connectivity index (χ1n) is 6.12. The SMILES string of the molecule is CCc1c(NN)ncnc1N(CC)CC(C)C#N. The number of nitrogens with one attached hydrogen (secondary N) is 1. The van der Waals surface area contributed by atoms with E-state index < -0.39 is 0 Å². The molecule has 98 valence electrons. The van der Waals surface area contributed by atoms with E-state index in [9.17, 15) is 0 Å². The molecule has 6 nitrogen and oxygen atoms in total. The maximum Gasteiger partial charge on any atom is 0.148 e. The van der Waals surface area contributed by atoms with Crippen molar-refractivity contribution in [2.45, 2.75) is 27.2 Å². The number of hydrogen-bond donors (Lipinski definition) is 2. The molecular weight excluding hydrogens is 228 g/mol. The Morgan fingerprint density at radius 1 is 1.50 bits per heavy atom. The molecule has 6 heteroatoms. The Hall–Kier alpha value is -1.87. The molecule has 1 aromatic rings. The summed E-state index contributed by atoms with van der Waals surface area (Å²) in [4.78, 5) is 10.5. The molecule has 1 atom stereocenters. The first-order valence-corrected chi connectivity index (χ1v) is 6.12. The van der Waals surface area contributed by atoms with E-state index in [0.29, 0.717) is 12.4 Å². The number of anilines is 2. The highest BCUT2D eigenvalue weighted by Gasteiger charge is 2.16. The van der Waals surface area contributed by atoms with Gasteiger partial charge in [0.2, 0.25) is 0 Å². The van der Waals surface area contributed by atoms with Crippen molar-refractivity contribution in [3.8, 4) is 6.07 Å². The van der Waals surface area contributed by atoms with Crippen LogP contribution < -0.4 is 16.2 Å². The lowest BCUT2D eigenvalue weighted by Gasteiger charge is -2.25. The van der Waals surface area contributed by atoms with Gasteiger partial charge in [-0.1, -0.05) is 6.92 Å². The first-order chi connectivity index (χ1) is 8.67.